The third-order valence-corrected chi connectivity index (χ3v) is 5.34. The molecule has 0 bridgehead atoms. The number of aliphatic imine (C=N–C) groups is 1. The molecule has 3 rings (SSSR count). The minimum absolute atomic E-state index is 0.163. The fraction of sp³-hybridized carbons (Fsp3) is 0.143. The largest absolute Gasteiger partial charge is 0.480 e. The van der Waals surface area contributed by atoms with Crippen LogP contribution in [0, 0.1) is 26.2 Å². The number of amidine groups is 1. The molecule has 0 radical (unpaired) electrons. The second-order valence-corrected chi connectivity index (χ2v) is 7.87. The number of carbonyl (C=O) groups excluding carboxylic acids is 1. The van der Waals surface area contributed by atoms with Crippen LogP contribution in [0.25, 0.3) is 6.08 Å². The number of ether oxygens (including phenoxy) is 1. The fourth-order valence-corrected chi connectivity index (χ4v) is 3.63. The second-order valence-electron chi connectivity index (χ2n) is 5.93. The Balaban J connectivity index is 1.87. The highest BCUT2D eigenvalue weighted by Crippen LogP contribution is 2.32. The average Bonchev–Trinajstić information content (AvgIpc) is 2.96. The van der Waals surface area contributed by atoms with Crippen molar-refractivity contribution in [2.45, 2.75) is 13.8 Å². The predicted octanol–water partition coefficient (Wildman–Crippen LogP) is 4.97. The molecule has 0 unspecified atom stereocenters. The van der Waals surface area contributed by atoms with E-state index in [0.29, 0.717) is 15.8 Å². The molecule has 2 aromatic rings. The van der Waals surface area contributed by atoms with Crippen LogP contribution in [0.2, 0.25) is 0 Å². The molecule has 1 heterocycles. The van der Waals surface area contributed by atoms with Gasteiger partial charge in [-0.2, -0.15) is 0 Å². The minimum atomic E-state index is -0.189. The van der Waals surface area contributed by atoms with E-state index in [2.05, 4.69) is 39.1 Å². The van der Waals surface area contributed by atoms with Crippen molar-refractivity contribution in [1.82, 2.24) is 5.32 Å². The first-order chi connectivity index (χ1) is 13.0. The molecular weight excluding hydrogens is 424 g/mol. The third kappa shape index (κ3) is 4.82. The Labute approximate surface area is 171 Å². The highest BCUT2D eigenvalue weighted by molar-refractivity contribution is 9.10. The number of hydrogen-bond acceptors (Lipinski definition) is 4. The van der Waals surface area contributed by atoms with Crippen LogP contribution in [0.4, 0.5) is 5.69 Å². The highest BCUT2D eigenvalue weighted by atomic mass is 79.9. The second kappa shape index (κ2) is 8.47. The number of nitrogens with zero attached hydrogens (tertiary/aromatic N) is 1. The van der Waals surface area contributed by atoms with Gasteiger partial charge in [0.25, 0.3) is 5.91 Å². The van der Waals surface area contributed by atoms with Gasteiger partial charge in [0.1, 0.15) is 12.4 Å². The summed E-state index contributed by atoms with van der Waals surface area (Å²) in [5.74, 6) is 2.88. The number of rotatable bonds is 4. The lowest BCUT2D eigenvalue weighted by molar-refractivity contribution is -0.115. The first-order valence-electron chi connectivity index (χ1n) is 8.19. The number of amides is 1. The van der Waals surface area contributed by atoms with Crippen LogP contribution in [0.15, 0.2) is 50.8 Å². The number of nitrogens with one attached hydrogen (secondary N) is 1. The third-order valence-electron chi connectivity index (χ3n) is 3.94. The van der Waals surface area contributed by atoms with Gasteiger partial charge in [-0.05, 0) is 73.1 Å². The first-order valence-corrected chi connectivity index (χ1v) is 9.80. The molecule has 1 aliphatic rings. The maximum atomic E-state index is 12.3. The van der Waals surface area contributed by atoms with E-state index in [1.54, 1.807) is 6.08 Å². The minimum Gasteiger partial charge on any atom is -0.480 e. The van der Waals surface area contributed by atoms with Gasteiger partial charge in [0, 0.05) is 10.0 Å². The van der Waals surface area contributed by atoms with Gasteiger partial charge in [-0.3, -0.25) is 4.79 Å². The molecule has 1 amide bonds. The number of halogens is 1. The fourth-order valence-electron chi connectivity index (χ4n) is 2.42. The van der Waals surface area contributed by atoms with Crippen LogP contribution in [-0.4, -0.2) is 17.7 Å². The summed E-state index contributed by atoms with van der Waals surface area (Å²) in [7, 11) is 0. The van der Waals surface area contributed by atoms with E-state index in [-0.39, 0.29) is 12.5 Å². The summed E-state index contributed by atoms with van der Waals surface area (Å²) in [6.07, 6.45) is 7.05. The summed E-state index contributed by atoms with van der Waals surface area (Å²) in [6.45, 7) is 4.25. The molecule has 4 nitrogen and oxygen atoms in total. The molecule has 0 saturated carbocycles. The quantitative estimate of drug-likeness (QED) is 0.539. The number of terminal acetylenes is 1. The zero-order valence-electron chi connectivity index (χ0n) is 14.9. The van der Waals surface area contributed by atoms with Gasteiger partial charge in [-0.25, -0.2) is 4.99 Å². The lowest BCUT2D eigenvalue weighted by atomic mass is 10.1. The number of benzene rings is 2. The van der Waals surface area contributed by atoms with Crippen LogP contribution >= 0.6 is 27.7 Å². The van der Waals surface area contributed by atoms with Crippen LogP contribution < -0.4 is 10.1 Å². The topological polar surface area (TPSA) is 50.7 Å². The smallest absolute Gasteiger partial charge is 0.264 e. The number of thioether (sulfide) groups is 1. The molecule has 1 N–H and O–H groups in total. The molecular formula is C21H17BrN2O2S. The molecule has 0 aromatic heterocycles. The Hall–Kier alpha value is -2.49. The van der Waals surface area contributed by atoms with Gasteiger partial charge in [0.2, 0.25) is 0 Å². The Morgan fingerprint density at radius 2 is 2.07 bits per heavy atom. The Kier molecular flexibility index (Phi) is 6.04. The Morgan fingerprint density at radius 3 is 2.81 bits per heavy atom. The molecule has 2 aromatic carbocycles. The maximum Gasteiger partial charge on any atom is 0.264 e. The maximum absolute atomic E-state index is 12.3. The van der Waals surface area contributed by atoms with Gasteiger partial charge in [0.15, 0.2) is 5.17 Å². The lowest BCUT2D eigenvalue weighted by Crippen LogP contribution is -2.19. The van der Waals surface area contributed by atoms with Crippen molar-refractivity contribution in [3.05, 3.63) is 62.5 Å². The predicted molar refractivity (Wildman–Crippen MR) is 115 cm³/mol. The molecule has 0 aliphatic carbocycles. The normalized spacial score (nSPS) is 16.4. The van der Waals surface area contributed by atoms with Crippen molar-refractivity contribution < 1.29 is 9.53 Å². The molecule has 0 spiro atoms. The molecule has 1 aliphatic heterocycles. The van der Waals surface area contributed by atoms with Crippen LogP contribution in [0.1, 0.15) is 16.7 Å². The summed E-state index contributed by atoms with van der Waals surface area (Å²) >= 11 is 4.74. The summed E-state index contributed by atoms with van der Waals surface area (Å²) in [6, 6.07) is 11.5. The van der Waals surface area contributed by atoms with Crippen molar-refractivity contribution in [2.24, 2.45) is 4.99 Å². The molecule has 27 heavy (non-hydrogen) atoms. The van der Waals surface area contributed by atoms with Gasteiger partial charge in [-0.15, -0.1) is 6.42 Å². The van der Waals surface area contributed by atoms with Crippen LogP contribution in [0.5, 0.6) is 5.75 Å². The molecule has 6 heteroatoms. The Morgan fingerprint density at radius 1 is 1.26 bits per heavy atom. The van der Waals surface area contributed by atoms with Gasteiger partial charge in [-0.1, -0.05) is 27.9 Å². The van der Waals surface area contributed by atoms with Gasteiger partial charge in [0.05, 0.1) is 10.6 Å². The average molecular weight is 441 g/mol. The molecule has 0 atom stereocenters. The van der Waals surface area contributed by atoms with Gasteiger partial charge < -0.3 is 10.1 Å². The number of aryl methyl sites for hydroxylation is 2. The van der Waals surface area contributed by atoms with E-state index in [0.717, 1.165) is 21.3 Å². The standard InChI is InChI=1S/C21H17BrN2O2S/c1-4-9-26-18-8-6-16(22)11-15(18)12-19-20(25)24-21(27-19)23-17-7-5-13(2)14(3)10-17/h1,5-8,10-12H,9H2,2-3H3,(H,23,24,25)/b19-12-. The van der Waals surface area contributed by atoms with Crippen LogP contribution in [0.3, 0.4) is 0 Å². The summed E-state index contributed by atoms with van der Waals surface area (Å²) in [5.41, 5.74) is 3.94. The SMILES string of the molecule is C#CCOc1ccc(Br)cc1/C=C1\SC(=Nc2ccc(C)c(C)c2)NC1=O. The van der Waals surface area contributed by atoms with E-state index < -0.39 is 0 Å². The monoisotopic (exact) mass is 440 g/mol. The highest BCUT2D eigenvalue weighted by Gasteiger charge is 2.24. The van der Waals surface area contributed by atoms with Crippen molar-refractivity contribution in [2.75, 3.05) is 6.61 Å². The summed E-state index contributed by atoms with van der Waals surface area (Å²) < 4.78 is 6.45. The Bertz CT molecular complexity index is 1010. The zero-order chi connectivity index (χ0) is 19.4. The molecule has 136 valence electrons. The van der Waals surface area contributed by atoms with Crippen LogP contribution in [-0.2, 0) is 4.79 Å². The van der Waals surface area contributed by atoms with Crippen molar-refractivity contribution in [3.63, 3.8) is 0 Å². The van der Waals surface area contributed by atoms with E-state index in [1.807, 2.05) is 43.3 Å². The van der Waals surface area contributed by atoms with Crippen molar-refractivity contribution in [1.29, 1.82) is 0 Å². The van der Waals surface area contributed by atoms with E-state index in [4.69, 9.17) is 11.2 Å². The lowest BCUT2D eigenvalue weighted by Gasteiger charge is -2.07. The number of hydrogen-bond donors (Lipinski definition) is 1. The summed E-state index contributed by atoms with van der Waals surface area (Å²) in [5, 5.41) is 3.36. The number of carbonyl (C=O) groups is 1. The first kappa shape index (κ1) is 19.3. The van der Waals surface area contributed by atoms with E-state index >= 15 is 0 Å². The zero-order valence-corrected chi connectivity index (χ0v) is 17.3. The van der Waals surface area contributed by atoms with E-state index in [1.165, 1.54) is 17.3 Å². The van der Waals surface area contributed by atoms with E-state index in [9.17, 15) is 4.79 Å². The molecule has 1 saturated heterocycles. The summed E-state index contributed by atoms with van der Waals surface area (Å²) in [4.78, 5) is 17.4. The van der Waals surface area contributed by atoms with Crippen molar-refractivity contribution in [3.8, 4) is 18.1 Å². The van der Waals surface area contributed by atoms with Crippen molar-refractivity contribution >= 4 is 50.5 Å². The van der Waals surface area contributed by atoms with Gasteiger partial charge >= 0.3 is 0 Å². The molecule has 1 fully saturated rings.